The first kappa shape index (κ1) is 28.5. The highest BCUT2D eigenvalue weighted by atomic mass is 16.8. The molecule has 15 heteroatoms. The highest BCUT2D eigenvalue weighted by molar-refractivity contribution is 5.97. The predicted molar refractivity (Wildman–Crippen MR) is 122 cm³/mol. The summed E-state index contributed by atoms with van der Waals surface area (Å²) in [5.41, 5.74) is -1.18. The Morgan fingerprint density at radius 2 is 1.56 bits per heavy atom. The molecular formula is C24H28O15. The van der Waals surface area contributed by atoms with Crippen molar-refractivity contribution in [3.05, 3.63) is 35.1 Å². The van der Waals surface area contributed by atoms with Gasteiger partial charge in [0.15, 0.2) is 6.29 Å². The van der Waals surface area contributed by atoms with Gasteiger partial charge in [-0.25, -0.2) is 14.4 Å². The Labute approximate surface area is 220 Å². The van der Waals surface area contributed by atoms with E-state index >= 15 is 0 Å². The van der Waals surface area contributed by atoms with E-state index in [1.807, 2.05) is 0 Å². The normalized spacial score (nSPS) is 33.9. The van der Waals surface area contributed by atoms with Crippen LogP contribution in [0.5, 0.6) is 11.5 Å². The average Bonchev–Trinajstić information content (AvgIpc) is 3.32. The quantitative estimate of drug-likeness (QED) is 0.137. The fourth-order valence-corrected chi connectivity index (χ4v) is 5.21. The number of benzene rings is 1. The number of carboxylic acid groups (broad SMARTS) is 2. The van der Waals surface area contributed by atoms with Crippen molar-refractivity contribution in [2.24, 2.45) is 17.8 Å². The number of aliphatic hydroxyl groups is 4. The molecule has 1 saturated heterocycles. The van der Waals surface area contributed by atoms with Gasteiger partial charge in [0.05, 0.1) is 25.0 Å². The lowest BCUT2D eigenvalue weighted by atomic mass is 9.83. The smallest absolute Gasteiger partial charge is 0.342 e. The summed E-state index contributed by atoms with van der Waals surface area (Å²) in [6.07, 6.45) is -7.48. The Morgan fingerprint density at radius 1 is 0.897 bits per heavy atom. The van der Waals surface area contributed by atoms with Gasteiger partial charge >= 0.3 is 17.9 Å². The van der Waals surface area contributed by atoms with Gasteiger partial charge in [-0.3, -0.25) is 0 Å². The predicted octanol–water partition coefficient (Wildman–Crippen LogP) is -1.26. The van der Waals surface area contributed by atoms with Crippen LogP contribution in [-0.4, -0.2) is 109 Å². The molecule has 2 fully saturated rings. The number of aliphatic carboxylic acids is 1. The molecule has 0 amide bonds. The number of carboxylic acids is 2. The van der Waals surface area contributed by atoms with Gasteiger partial charge in [-0.1, -0.05) is 0 Å². The summed E-state index contributed by atoms with van der Waals surface area (Å²) < 4.78 is 21.9. The molecule has 39 heavy (non-hydrogen) atoms. The zero-order valence-electron chi connectivity index (χ0n) is 20.2. The van der Waals surface area contributed by atoms with Gasteiger partial charge in [-0.2, -0.15) is 0 Å². The molecule has 214 valence electrons. The Morgan fingerprint density at radius 3 is 2.21 bits per heavy atom. The second-order valence-electron chi connectivity index (χ2n) is 9.53. The molecule has 9 atom stereocenters. The molecule has 1 aromatic rings. The van der Waals surface area contributed by atoms with Crippen LogP contribution in [0.2, 0.25) is 0 Å². The molecule has 4 rings (SSSR count). The first-order valence-corrected chi connectivity index (χ1v) is 12.0. The van der Waals surface area contributed by atoms with E-state index in [0.717, 1.165) is 12.3 Å². The summed E-state index contributed by atoms with van der Waals surface area (Å²) in [5.74, 6) is -7.29. The molecule has 1 aliphatic carbocycles. The van der Waals surface area contributed by atoms with Crippen molar-refractivity contribution in [3.63, 3.8) is 0 Å². The fourth-order valence-electron chi connectivity index (χ4n) is 5.21. The average molecular weight is 556 g/mol. The van der Waals surface area contributed by atoms with E-state index in [2.05, 4.69) is 0 Å². The number of rotatable bonds is 8. The minimum Gasteiger partial charge on any atom is -0.507 e. The van der Waals surface area contributed by atoms with Crippen LogP contribution in [0, 0.1) is 17.8 Å². The number of esters is 1. The molecule has 0 spiro atoms. The number of aliphatic hydroxyl groups excluding tert-OH is 4. The maximum atomic E-state index is 12.6. The number of ether oxygens (including phenoxy) is 4. The first-order chi connectivity index (χ1) is 18.4. The maximum Gasteiger partial charge on any atom is 0.342 e. The Balaban J connectivity index is 1.51. The number of carbonyl (C=O) groups is 3. The summed E-state index contributed by atoms with van der Waals surface area (Å²) in [5, 5.41) is 78.4. The monoisotopic (exact) mass is 556 g/mol. The Hall–Kier alpha value is -3.47. The second-order valence-corrected chi connectivity index (χ2v) is 9.53. The third-order valence-electron chi connectivity index (χ3n) is 7.26. The zero-order chi connectivity index (χ0) is 28.6. The van der Waals surface area contributed by atoms with E-state index in [-0.39, 0.29) is 12.2 Å². The van der Waals surface area contributed by atoms with Crippen molar-refractivity contribution >= 4 is 17.9 Å². The fraction of sp³-hybridized carbons (Fsp3) is 0.542. The number of aromatic carboxylic acids is 1. The number of phenolic OH excluding ortho intramolecular Hbond substituents is 1. The topological polar surface area (TPSA) is 250 Å². The molecule has 9 unspecified atom stereocenters. The molecule has 3 aliphatic rings. The summed E-state index contributed by atoms with van der Waals surface area (Å²) >= 11 is 0. The number of hydrogen-bond donors (Lipinski definition) is 8. The van der Waals surface area contributed by atoms with E-state index in [1.165, 1.54) is 0 Å². The molecule has 1 aromatic carbocycles. The third-order valence-corrected chi connectivity index (χ3v) is 7.26. The second kappa shape index (κ2) is 11.3. The van der Waals surface area contributed by atoms with Crippen LogP contribution < -0.4 is 0 Å². The summed E-state index contributed by atoms with van der Waals surface area (Å²) in [6.45, 7) is -1.01. The molecular weight excluding hydrogens is 528 g/mol. The third kappa shape index (κ3) is 5.50. The maximum absolute atomic E-state index is 12.6. The van der Waals surface area contributed by atoms with Crippen LogP contribution in [0.4, 0.5) is 0 Å². The summed E-state index contributed by atoms with van der Waals surface area (Å²) in [6, 6.07) is 1.45. The summed E-state index contributed by atoms with van der Waals surface area (Å²) in [4.78, 5) is 35.5. The van der Waals surface area contributed by atoms with Crippen molar-refractivity contribution in [2.45, 2.75) is 49.8 Å². The highest BCUT2D eigenvalue weighted by Crippen LogP contribution is 2.47. The Kier molecular flexibility index (Phi) is 8.29. The van der Waals surface area contributed by atoms with E-state index < -0.39 is 102 Å². The minimum atomic E-state index is -1.74. The van der Waals surface area contributed by atoms with Gasteiger partial charge in [0, 0.05) is 17.8 Å². The van der Waals surface area contributed by atoms with E-state index in [4.69, 9.17) is 24.1 Å². The lowest BCUT2D eigenvalue weighted by molar-refractivity contribution is -0.342. The number of hydrogen-bond acceptors (Lipinski definition) is 13. The van der Waals surface area contributed by atoms with Crippen LogP contribution in [0.25, 0.3) is 0 Å². The van der Waals surface area contributed by atoms with Crippen molar-refractivity contribution in [1.29, 1.82) is 0 Å². The minimum absolute atomic E-state index is 0.0608. The first-order valence-electron chi connectivity index (χ1n) is 12.0. The van der Waals surface area contributed by atoms with Crippen LogP contribution in [0.1, 0.15) is 33.6 Å². The van der Waals surface area contributed by atoms with Crippen molar-refractivity contribution < 1.29 is 74.2 Å². The molecule has 15 nitrogen and oxygen atoms in total. The standard InChI is InChI=1S/C24H28O15/c25-5-15-17(28)18(29)19(30)24(38-15)39-23-16-8(1-2-9(16)12(7-37-23)21(33)34)6-36-22(35)11-4-13(26)10(20(31)32)3-14(11)27/h3-4,7-9,15-19,23-30H,1-2,5-6H2,(H,31,32)(H,33,34). The van der Waals surface area contributed by atoms with E-state index in [1.54, 1.807) is 0 Å². The molecule has 1 saturated carbocycles. The lowest BCUT2D eigenvalue weighted by Gasteiger charge is -2.43. The van der Waals surface area contributed by atoms with Crippen LogP contribution >= 0.6 is 0 Å². The van der Waals surface area contributed by atoms with Crippen LogP contribution in [0.3, 0.4) is 0 Å². The van der Waals surface area contributed by atoms with Crippen LogP contribution in [-0.2, 0) is 23.7 Å². The highest BCUT2D eigenvalue weighted by Gasteiger charge is 2.52. The Bertz CT molecular complexity index is 1150. The van der Waals surface area contributed by atoms with Gasteiger partial charge in [0.2, 0.25) is 6.29 Å². The molecule has 0 radical (unpaired) electrons. The summed E-state index contributed by atoms with van der Waals surface area (Å²) in [7, 11) is 0. The number of phenols is 2. The van der Waals surface area contributed by atoms with Crippen LogP contribution in [0.15, 0.2) is 24.0 Å². The lowest BCUT2D eigenvalue weighted by Crippen LogP contribution is -2.60. The zero-order valence-corrected chi connectivity index (χ0v) is 20.2. The van der Waals surface area contributed by atoms with Crippen molar-refractivity contribution in [3.8, 4) is 11.5 Å². The van der Waals surface area contributed by atoms with Gasteiger partial charge in [-0.15, -0.1) is 0 Å². The molecule has 2 aliphatic heterocycles. The van der Waals surface area contributed by atoms with Gasteiger partial charge in [0.1, 0.15) is 47.0 Å². The van der Waals surface area contributed by atoms with Gasteiger partial charge in [-0.05, 0) is 25.0 Å². The van der Waals surface area contributed by atoms with Gasteiger partial charge < -0.3 is 59.8 Å². The van der Waals surface area contributed by atoms with Crippen molar-refractivity contribution in [1.82, 2.24) is 0 Å². The van der Waals surface area contributed by atoms with E-state index in [0.29, 0.717) is 18.9 Å². The molecule has 0 aromatic heterocycles. The largest absolute Gasteiger partial charge is 0.507 e. The SMILES string of the molecule is O=C(O)C1=COC(OC2OC(CO)C(O)C(O)C2O)C2C(COC(=O)c3cc(O)c(C(=O)O)cc3O)CCC12. The molecule has 8 N–H and O–H groups in total. The number of carbonyl (C=O) groups excluding carboxylic acids is 1. The van der Waals surface area contributed by atoms with E-state index in [9.17, 15) is 50.1 Å². The molecule has 0 bridgehead atoms. The van der Waals surface area contributed by atoms with Gasteiger partial charge in [0.25, 0.3) is 0 Å². The number of aromatic hydroxyl groups is 2. The molecule has 2 heterocycles. The number of fused-ring (bicyclic) bond motifs is 1. The van der Waals surface area contributed by atoms with Crippen molar-refractivity contribution in [2.75, 3.05) is 13.2 Å².